The smallest absolute Gasteiger partial charge is 0.108 e. The van der Waals surface area contributed by atoms with Crippen LogP contribution in [0.1, 0.15) is 11.1 Å². The topological polar surface area (TPSA) is 18.5 Å². The summed E-state index contributed by atoms with van der Waals surface area (Å²) >= 11 is 3.47. The van der Waals surface area contributed by atoms with E-state index in [1.807, 2.05) is 25.1 Å². The molecular weight excluding hydrogens is 220 g/mol. The van der Waals surface area contributed by atoms with Crippen molar-refractivity contribution in [3.05, 3.63) is 33.8 Å². The zero-order chi connectivity index (χ0) is 8.97. The second-order valence-corrected chi connectivity index (χ2v) is 3.27. The van der Waals surface area contributed by atoms with Crippen molar-refractivity contribution < 1.29 is 9.78 Å². The number of benzene rings is 1. The quantitative estimate of drug-likeness (QED) is 0.588. The van der Waals surface area contributed by atoms with Crippen molar-refractivity contribution in [1.29, 1.82) is 0 Å². The van der Waals surface area contributed by atoms with Crippen LogP contribution < -0.4 is 0 Å². The number of halogens is 1. The van der Waals surface area contributed by atoms with Gasteiger partial charge in [-0.3, -0.25) is 0 Å². The van der Waals surface area contributed by atoms with Crippen LogP contribution >= 0.6 is 15.9 Å². The lowest BCUT2D eigenvalue weighted by atomic mass is 10.1. The van der Waals surface area contributed by atoms with Gasteiger partial charge in [-0.2, -0.15) is 0 Å². The van der Waals surface area contributed by atoms with E-state index in [1.165, 1.54) is 12.7 Å². The molecule has 2 nitrogen and oxygen atoms in total. The highest BCUT2D eigenvalue weighted by atomic mass is 79.9. The normalized spacial score (nSPS) is 10.2. The van der Waals surface area contributed by atoms with Crippen LogP contribution in [0.3, 0.4) is 0 Å². The number of hydrogen-bond acceptors (Lipinski definition) is 2. The van der Waals surface area contributed by atoms with Crippen molar-refractivity contribution in [1.82, 2.24) is 0 Å². The van der Waals surface area contributed by atoms with Crippen molar-refractivity contribution >= 4 is 15.9 Å². The van der Waals surface area contributed by atoms with E-state index in [2.05, 4.69) is 20.8 Å². The van der Waals surface area contributed by atoms with Crippen LogP contribution in [-0.2, 0) is 16.4 Å². The lowest BCUT2D eigenvalue weighted by Gasteiger charge is -2.05. The summed E-state index contributed by atoms with van der Waals surface area (Å²) in [6.07, 6.45) is 0. The minimum atomic E-state index is 0.471. The highest BCUT2D eigenvalue weighted by Crippen LogP contribution is 2.21. The summed E-state index contributed by atoms with van der Waals surface area (Å²) in [7, 11) is 1.50. The van der Waals surface area contributed by atoms with Gasteiger partial charge < -0.3 is 0 Å². The van der Waals surface area contributed by atoms with Gasteiger partial charge in [0.1, 0.15) is 6.61 Å². The van der Waals surface area contributed by atoms with Crippen LogP contribution in [-0.4, -0.2) is 7.11 Å². The van der Waals surface area contributed by atoms with Crippen LogP contribution in [0, 0.1) is 6.92 Å². The van der Waals surface area contributed by atoms with E-state index in [-0.39, 0.29) is 0 Å². The molecule has 12 heavy (non-hydrogen) atoms. The largest absolute Gasteiger partial charge is 0.240 e. The molecule has 0 aliphatic carbocycles. The molecule has 3 heteroatoms. The molecule has 0 radical (unpaired) electrons. The standard InChI is InChI=1S/C9H11BrO2/c1-7-4-3-5-8(9(7)10)6-12-11-2/h3-5H,6H2,1-2H3. The molecule has 66 valence electrons. The van der Waals surface area contributed by atoms with E-state index in [4.69, 9.17) is 4.89 Å². The van der Waals surface area contributed by atoms with Crippen molar-refractivity contribution in [3.63, 3.8) is 0 Å². The van der Waals surface area contributed by atoms with Gasteiger partial charge in [0, 0.05) is 4.47 Å². The van der Waals surface area contributed by atoms with Gasteiger partial charge in [-0.05, 0) is 18.1 Å². The molecule has 0 heterocycles. The summed E-state index contributed by atoms with van der Waals surface area (Å²) in [6, 6.07) is 6.03. The Morgan fingerprint density at radius 2 is 2.17 bits per heavy atom. The summed E-state index contributed by atoms with van der Waals surface area (Å²) in [6.45, 7) is 2.51. The first kappa shape index (κ1) is 9.71. The Balaban J connectivity index is 2.78. The molecule has 0 aromatic heterocycles. The molecule has 0 saturated heterocycles. The SMILES string of the molecule is COOCc1cccc(C)c1Br. The lowest BCUT2D eigenvalue weighted by molar-refractivity contribution is -0.282. The van der Waals surface area contributed by atoms with Gasteiger partial charge in [-0.15, -0.1) is 0 Å². The van der Waals surface area contributed by atoms with E-state index in [0.29, 0.717) is 6.61 Å². The number of hydrogen-bond donors (Lipinski definition) is 0. The maximum atomic E-state index is 4.83. The van der Waals surface area contributed by atoms with E-state index in [0.717, 1.165) is 10.0 Å². The molecule has 1 aromatic carbocycles. The summed E-state index contributed by atoms with van der Waals surface area (Å²) in [5, 5.41) is 0. The fourth-order valence-electron chi connectivity index (χ4n) is 0.942. The molecular formula is C9H11BrO2. The lowest BCUT2D eigenvalue weighted by Crippen LogP contribution is -1.93. The van der Waals surface area contributed by atoms with Gasteiger partial charge in [0.05, 0.1) is 7.11 Å². The molecule has 0 unspecified atom stereocenters. The zero-order valence-corrected chi connectivity index (χ0v) is 8.72. The molecule has 0 bridgehead atoms. The maximum Gasteiger partial charge on any atom is 0.108 e. The van der Waals surface area contributed by atoms with Crippen LogP contribution in [0.2, 0.25) is 0 Å². The third-order valence-electron chi connectivity index (χ3n) is 1.60. The van der Waals surface area contributed by atoms with Gasteiger partial charge in [-0.1, -0.05) is 34.1 Å². The molecule has 1 aromatic rings. The molecule has 0 spiro atoms. The first-order valence-corrected chi connectivity index (χ1v) is 4.44. The fourth-order valence-corrected chi connectivity index (χ4v) is 1.32. The van der Waals surface area contributed by atoms with Crippen LogP contribution in [0.15, 0.2) is 22.7 Å². The molecule has 0 saturated carbocycles. The average molecular weight is 231 g/mol. The second kappa shape index (κ2) is 4.60. The molecule has 0 atom stereocenters. The monoisotopic (exact) mass is 230 g/mol. The third kappa shape index (κ3) is 2.30. The Bertz CT molecular complexity index is 261. The van der Waals surface area contributed by atoms with Crippen molar-refractivity contribution in [2.75, 3.05) is 7.11 Å². The minimum absolute atomic E-state index is 0.471. The van der Waals surface area contributed by atoms with Crippen molar-refractivity contribution in [2.24, 2.45) is 0 Å². The van der Waals surface area contributed by atoms with E-state index >= 15 is 0 Å². The van der Waals surface area contributed by atoms with Gasteiger partial charge in [0.15, 0.2) is 0 Å². The molecule has 0 N–H and O–H groups in total. The maximum absolute atomic E-state index is 4.83. The minimum Gasteiger partial charge on any atom is -0.240 e. The van der Waals surface area contributed by atoms with Gasteiger partial charge >= 0.3 is 0 Å². The summed E-state index contributed by atoms with van der Waals surface area (Å²) in [5.41, 5.74) is 2.30. The Morgan fingerprint density at radius 3 is 2.83 bits per heavy atom. The fraction of sp³-hybridized carbons (Fsp3) is 0.333. The molecule has 0 fully saturated rings. The predicted molar refractivity (Wildman–Crippen MR) is 50.7 cm³/mol. The van der Waals surface area contributed by atoms with Crippen molar-refractivity contribution in [2.45, 2.75) is 13.5 Å². The predicted octanol–water partition coefficient (Wildman–Crippen LogP) is 2.84. The molecule has 0 aliphatic rings. The third-order valence-corrected chi connectivity index (χ3v) is 2.74. The van der Waals surface area contributed by atoms with Crippen LogP contribution in [0.5, 0.6) is 0 Å². The zero-order valence-electron chi connectivity index (χ0n) is 7.13. The van der Waals surface area contributed by atoms with Crippen LogP contribution in [0.4, 0.5) is 0 Å². The van der Waals surface area contributed by atoms with Gasteiger partial charge in [0.25, 0.3) is 0 Å². The Labute approximate surface area is 80.6 Å². The van der Waals surface area contributed by atoms with E-state index < -0.39 is 0 Å². The van der Waals surface area contributed by atoms with E-state index in [9.17, 15) is 0 Å². The van der Waals surface area contributed by atoms with E-state index in [1.54, 1.807) is 0 Å². The van der Waals surface area contributed by atoms with Crippen LogP contribution in [0.25, 0.3) is 0 Å². The first-order valence-electron chi connectivity index (χ1n) is 3.65. The average Bonchev–Trinajstić information content (AvgIpc) is 2.08. The molecule has 0 aliphatic heterocycles. The summed E-state index contributed by atoms with van der Waals surface area (Å²) in [5.74, 6) is 0. The highest BCUT2D eigenvalue weighted by molar-refractivity contribution is 9.10. The number of rotatable bonds is 3. The Kier molecular flexibility index (Phi) is 3.72. The summed E-state index contributed by atoms with van der Waals surface area (Å²) < 4.78 is 1.09. The van der Waals surface area contributed by atoms with Gasteiger partial charge in [-0.25, -0.2) is 9.78 Å². The number of aryl methyl sites for hydroxylation is 1. The summed E-state index contributed by atoms with van der Waals surface area (Å²) in [4.78, 5) is 9.35. The molecule has 1 rings (SSSR count). The van der Waals surface area contributed by atoms with Crippen molar-refractivity contribution in [3.8, 4) is 0 Å². The second-order valence-electron chi connectivity index (χ2n) is 2.48. The van der Waals surface area contributed by atoms with Gasteiger partial charge in [0.2, 0.25) is 0 Å². The highest BCUT2D eigenvalue weighted by Gasteiger charge is 2.01. The Morgan fingerprint density at radius 1 is 1.42 bits per heavy atom. The Hall–Kier alpha value is -0.380. The first-order chi connectivity index (χ1) is 5.75. The molecule has 0 amide bonds.